The summed E-state index contributed by atoms with van der Waals surface area (Å²) in [7, 11) is 0. The number of non-ortho nitro benzene ring substituents is 1. The Bertz CT molecular complexity index is 748. The first-order chi connectivity index (χ1) is 11.6. The molecule has 0 atom stereocenters. The first kappa shape index (κ1) is 18.6. The predicted molar refractivity (Wildman–Crippen MR) is 97.6 cm³/mol. The Balaban J connectivity index is 0.00000225. The van der Waals surface area contributed by atoms with Crippen LogP contribution in [0.2, 0.25) is 0 Å². The van der Waals surface area contributed by atoms with Gasteiger partial charge in [0.25, 0.3) is 11.6 Å². The zero-order valence-corrected chi connectivity index (χ0v) is 14.2. The Labute approximate surface area is 150 Å². The average Bonchev–Trinajstić information content (AvgIpc) is 2.63. The van der Waals surface area contributed by atoms with Crippen molar-refractivity contribution in [2.45, 2.75) is 0 Å². The Kier molecular flexibility index (Phi) is 6.26. The van der Waals surface area contributed by atoms with E-state index in [1.165, 1.54) is 24.3 Å². The zero-order valence-electron chi connectivity index (χ0n) is 13.3. The van der Waals surface area contributed by atoms with E-state index in [0.29, 0.717) is 5.82 Å². The number of rotatable bonds is 4. The van der Waals surface area contributed by atoms with Crippen molar-refractivity contribution in [1.82, 2.24) is 10.3 Å². The van der Waals surface area contributed by atoms with Crippen LogP contribution in [0.25, 0.3) is 0 Å². The van der Waals surface area contributed by atoms with E-state index in [2.05, 4.69) is 20.5 Å². The van der Waals surface area contributed by atoms with Crippen LogP contribution in [0.3, 0.4) is 0 Å². The standard InChI is InChI=1S/C16H17N5O3.ClH/c22-16(12-2-1-3-13(10-12)21(23)24)19-15-5-4-14(11-18-15)20-8-6-17-7-9-20;/h1-5,10-11,17H,6-9H2,(H,18,19,22);1H. The molecule has 2 aromatic rings. The van der Waals surface area contributed by atoms with Gasteiger partial charge in [-0.1, -0.05) is 6.07 Å². The first-order valence-electron chi connectivity index (χ1n) is 7.61. The molecule has 0 radical (unpaired) electrons. The summed E-state index contributed by atoms with van der Waals surface area (Å²) in [4.78, 5) is 28.9. The van der Waals surface area contributed by atoms with Gasteiger partial charge in [0.15, 0.2) is 0 Å². The number of piperazine rings is 1. The molecule has 2 heterocycles. The Hall–Kier alpha value is -2.71. The average molecular weight is 364 g/mol. The lowest BCUT2D eigenvalue weighted by Gasteiger charge is -2.29. The van der Waals surface area contributed by atoms with Gasteiger partial charge < -0.3 is 15.5 Å². The zero-order chi connectivity index (χ0) is 16.9. The van der Waals surface area contributed by atoms with Crippen LogP contribution in [0, 0.1) is 10.1 Å². The third kappa shape index (κ3) is 4.65. The summed E-state index contributed by atoms with van der Waals surface area (Å²) >= 11 is 0. The van der Waals surface area contributed by atoms with Crippen LogP contribution in [-0.4, -0.2) is 42.0 Å². The summed E-state index contributed by atoms with van der Waals surface area (Å²) in [6, 6.07) is 9.22. The predicted octanol–water partition coefficient (Wildman–Crippen LogP) is 2.07. The fourth-order valence-corrected chi connectivity index (χ4v) is 2.52. The van der Waals surface area contributed by atoms with E-state index < -0.39 is 10.8 Å². The fourth-order valence-electron chi connectivity index (χ4n) is 2.52. The molecule has 2 N–H and O–H groups in total. The molecule has 25 heavy (non-hydrogen) atoms. The van der Waals surface area contributed by atoms with Crippen molar-refractivity contribution in [3.05, 3.63) is 58.3 Å². The monoisotopic (exact) mass is 363 g/mol. The quantitative estimate of drug-likeness (QED) is 0.637. The molecule has 1 saturated heterocycles. The molecular formula is C16H18ClN5O3. The molecule has 1 aliphatic rings. The third-order valence-electron chi connectivity index (χ3n) is 3.79. The van der Waals surface area contributed by atoms with E-state index in [-0.39, 0.29) is 23.7 Å². The van der Waals surface area contributed by atoms with Crippen LogP contribution in [-0.2, 0) is 0 Å². The lowest BCUT2D eigenvalue weighted by Crippen LogP contribution is -2.43. The second kappa shape index (κ2) is 8.41. The lowest BCUT2D eigenvalue weighted by molar-refractivity contribution is -0.384. The highest BCUT2D eigenvalue weighted by atomic mass is 35.5. The molecule has 1 aromatic carbocycles. The number of carbonyl (C=O) groups is 1. The molecule has 1 aliphatic heterocycles. The van der Waals surface area contributed by atoms with Gasteiger partial charge in [-0.05, 0) is 18.2 Å². The normalized spacial score (nSPS) is 13.7. The molecule has 0 spiro atoms. The summed E-state index contributed by atoms with van der Waals surface area (Å²) in [5.74, 6) is -0.0217. The molecule has 1 aromatic heterocycles. The van der Waals surface area contributed by atoms with E-state index >= 15 is 0 Å². The number of nitro groups is 1. The van der Waals surface area contributed by atoms with Gasteiger partial charge in [-0.2, -0.15) is 0 Å². The van der Waals surface area contributed by atoms with Gasteiger partial charge in [0.1, 0.15) is 5.82 Å². The van der Waals surface area contributed by atoms with Crippen molar-refractivity contribution in [3.63, 3.8) is 0 Å². The van der Waals surface area contributed by atoms with Crippen LogP contribution in [0.15, 0.2) is 42.6 Å². The van der Waals surface area contributed by atoms with Crippen molar-refractivity contribution < 1.29 is 9.72 Å². The summed E-state index contributed by atoms with van der Waals surface area (Å²) in [5.41, 5.74) is 1.10. The van der Waals surface area contributed by atoms with E-state index in [1.807, 2.05) is 6.07 Å². The fraction of sp³-hybridized carbons (Fsp3) is 0.250. The number of hydrogen-bond acceptors (Lipinski definition) is 6. The molecule has 9 heteroatoms. The number of amides is 1. The van der Waals surface area contributed by atoms with Gasteiger partial charge in [0, 0.05) is 43.9 Å². The highest BCUT2D eigenvalue weighted by molar-refractivity contribution is 6.04. The van der Waals surface area contributed by atoms with E-state index in [4.69, 9.17) is 0 Å². The van der Waals surface area contributed by atoms with Gasteiger partial charge in [-0.3, -0.25) is 14.9 Å². The number of nitrogens with one attached hydrogen (secondary N) is 2. The number of carbonyl (C=O) groups excluding carboxylic acids is 1. The van der Waals surface area contributed by atoms with Gasteiger partial charge in [0.05, 0.1) is 16.8 Å². The lowest BCUT2D eigenvalue weighted by atomic mass is 10.2. The molecule has 1 amide bonds. The SMILES string of the molecule is Cl.O=C(Nc1ccc(N2CCNCC2)cn1)c1cccc([N+](=O)[O-])c1. The molecular weight excluding hydrogens is 346 g/mol. The minimum absolute atomic E-state index is 0. The van der Waals surface area contributed by atoms with Crippen LogP contribution < -0.4 is 15.5 Å². The number of nitrogens with zero attached hydrogens (tertiary/aromatic N) is 3. The van der Waals surface area contributed by atoms with Crippen molar-refractivity contribution in [3.8, 4) is 0 Å². The maximum Gasteiger partial charge on any atom is 0.270 e. The minimum Gasteiger partial charge on any atom is -0.368 e. The number of hydrogen-bond donors (Lipinski definition) is 2. The van der Waals surface area contributed by atoms with Gasteiger partial charge >= 0.3 is 0 Å². The van der Waals surface area contributed by atoms with Crippen molar-refractivity contribution in [1.29, 1.82) is 0 Å². The van der Waals surface area contributed by atoms with Gasteiger partial charge in [-0.15, -0.1) is 12.4 Å². The third-order valence-corrected chi connectivity index (χ3v) is 3.79. The number of benzene rings is 1. The molecule has 0 bridgehead atoms. The molecule has 1 fully saturated rings. The number of pyridine rings is 1. The van der Waals surface area contributed by atoms with Gasteiger partial charge in [0.2, 0.25) is 0 Å². The van der Waals surface area contributed by atoms with Gasteiger partial charge in [-0.25, -0.2) is 4.98 Å². The maximum absolute atomic E-state index is 12.2. The summed E-state index contributed by atoms with van der Waals surface area (Å²) < 4.78 is 0. The summed E-state index contributed by atoms with van der Waals surface area (Å²) in [6.07, 6.45) is 1.72. The second-order valence-corrected chi connectivity index (χ2v) is 5.40. The molecule has 0 unspecified atom stereocenters. The van der Waals surface area contributed by atoms with Crippen LogP contribution >= 0.6 is 12.4 Å². The number of anilines is 2. The molecule has 132 valence electrons. The molecule has 0 saturated carbocycles. The highest BCUT2D eigenvalue weighted by Crippen LogP contribution is 2.17. The van der Waals surface area contributed by atoms with E-state index in [1.54, 1.807) is 12.3 Å². The van der Waals surface area contributed by atoms with E-state index in [0.717, 1.165) is 31.9 Å². The second-order valence-electron chi connectivity index (χ2n) is 5.40. The maximum atomic E-state index is 12.2. The summed E-state index contributed by atoms with van der Waals surface area (Å²) in [6.45, 7) is 3.71. The number of aromatic nitrogens is 1. The Morgan fingerprint density at radius 2 is 2.00 bits per heavy atom. The first-order valence-corrected chi connectivity index (χ1v) is 7.61. The van der Waals surface area contributed by atoms with E-state index in [9.17, 15) is 14.9 Å². The highest BCUT2D eigenvalue weighted by Gasteiger charge is 2.13. The topological polar surface area (TPSA) is 100 Å². The van der Waals surface area contributed by atoms with Crippen LogP contribution in [0.5, 0.6) is 0 Å². The summed E-state index contributed by atoms with van der Waals surface area (Å²) in [5, 5.41) is 16.7. The minimum atomic E-state index is -0.530. The van der Waals surface area contributed by atoms with Crippen molar-refractivity contribution in [2.75, 3.05) is 36.4 Å². The van der Waals surface area contributed by atoms with Crippen molar-refractivity contribution in [2.24, 2.45) is 0 Å². The number of nitro benzene ring substituents is 1. The Morgan fingerprint density at radius 1 is 1.24 bits per heavy atom. The molecule has 3 rings (SSSR count). The largest absolute Gasteiger partial charge is 0.368 e. The Morgan fingerprint density at radius 3 is 2.64 bits per heavy atom. The molecule has 8 nitrogen and oxygen atoms in total. The van der Waals surface area contributed by atoms with Crippen LogP contribution in [0.1, 0.15) is 10.4 Å². The smallest absolute Gasteiger partial charge is 0.270 e. The molecule has 0 aliphatic carbocycles. The van der Waals surface area contributed by atoms with Crippen LogP contribution in [0.4, 0.5) is 17.2 Å². The van der Waals surface area contributed by atoms with Crippen molar-refractivity contribution >= 4 is 35.5 Å². The number of halogens is 1.